The molecule has 33 heavy (non-hydrogen) atoms. The molecule has 0 aromatic heterocycles. The highest BCUT2D eigenvalue weighted by Gasteiger charge is 2.31. The molecular formula is C24H28F3NO5. The van der Waals surface area contributed by atoms with Crippen LogP contribution in [0.5, 0.6) is 0 Å². The molecule has 1 aliphatic rings. The summed E-state index contributed by atoms with van der Waals surface area (Å²) in [6.45, 7) is 5.28. The molecule has 0 spiro atoms. The number of benzene rings is 1. The second-order valence-corrected chi connectivity index (χ2v) is 8.63. The van der Waals surface area contributed by atoms with Gasteiger partial charge in [-0.25, -0.2) is 9.59 Å². The molecule has 9 heteroatoms. The Hall–Kier alpha value is -3.23. The smallest absolute Gasteiger partial charge is 0.416 e. The standard InChI is InChI=1S/C24H28F3NO5/c1-23(2,3)33-22(31)28(14-16-5-9-19(10-6-16)24(25,26)27)15-18-13-20(32-4)11-7-17(18)8-12-21(29)30/h5-13,17-18H,14-15H2,1-4H3,(H,29,30). The molecule has 6 nitrogen and oxygen atoms in total. The van der Waals surface area contributed by atoms with Gasteiger partial charge in [-0.2, -0.15) is 13.2 Å². The number of methoxy groups -OCH3 is 1. The van der Waals surface area contributed by atoms with Crippen molar-refractivity contribution in [1.82, 2.24) is 4.90 Å². The van der Waals surface area contributed by atoms with Crippen molar-refractivity contribution < 1.29 is 37.3 Å². The van der Waals surface area contributed by atoms with E-state index in [2.05, 4.69) is 0 Å². The zero-order valence-corrected chi connectivity index (χ0v) is 18.9. The number of carbonyl (C=O) groups is 2. The lowest BCUT2D eigenvalue weighted by Gasteiger charge is -2.32. The minimum absolute atomic E-state index is 0.0127. The van der Waals surface area contributed by atoms with Crippen LogP contribution in [0.1, 0.15) is 31.9 Å². The molecule has 0 radical (unpaired) electrons. The third-order valence-corrected chi connectivity index (χ3v) is 4.79. The number of hydrogen-bond donors (Lipinski definition) is 1. The van der Waals surface area contributed by atoms with Crippen LogP contribution in [-0.2, 0) is 27.0 Å². The highest BCUT2D eigenvalue weighted by atomic mass is 19.4. The first kappa shape index (κ1) is 26.0. The third-order valence-electron chi connectivity index (χ3n) is 4.79. The molecule has 2 rings (SSSR count). The molecule has 1 aromatic carbocycles. The zero-order chi connectivity index (χ0) is 24.8. The number of allylic oxidation sites excluding steroid dienone is 3. The molecule has 0 fully saturated rings. The van der Waals surface area contributed by atoms with E-state index in [9.17, 15) is 22.8 Å². The molecule has 1 amide bonds. The van der Waals surface area contributed by atoms with Gasteiger partial charge in [0.1, 0.15) is 11.4 Å². The molecule has 0 heterocycles. The lowest BCUT2D eigenvalue weighted by atomic mass is 9.87. The Morgan fingerprint density at radius 1 is 1.15 bits per heavy atom. The normalized spacial score (nSPS) is 18.7. The molecule has 2 atom stereocenters. The van der Waals surface area contributed by atoms with Crippen LogP contribution in [0.3, 0.4) is 0 Å². The van der Waals surface area contributed by atoms with E-state index in [-0.39, 0.29) is 24.9 Å². The molecular weight excluding hydrogens is 439 g/mol. The molecule has 2 unspecified atom stereocenters. The summed E-state index contributed by atoms with van der Waals surface area (Å²) in [7, 11) is 1.49. The number of amides is 1. The van der Waals surface area contributed by atoms with Crippen molar-refractivity contribution in [2.75, 3.05) is 13.7 Å². The van der Waals surface area contributed by atoms with Crippen LogP contribution in [0.15, 0.2) is 60.4 Å². The van der Waals surface area contributed by atoms with Gasteiger partial charge >= 0.3 is 18.2 Å². The van der Waals surface area contributed by atoms with Crippen LogP contribution < -0.4 is 0 Å². The van der Waals surface area contributed by atoms with E-state index in [0.29, 0.717) is 11.3 Å². The first-order chi connectivity index (χ1) is 15.3. The van der Waals surface area contributed by atoms with Crippen molar-refractivity contribution in [2.24, 2.45) is 11.8 Å². The number of ether oxygens (including phenoxy) is 2. The fourth-order valence-corrected chi connectivity index (χ4v) is 3.24. The summed E-state index contributed by atoms with van der Waals surface area (Å²) in [5, 5.41) is 8.99. The zero-order valence-electron chi connectivity index (χ0n) is 18.9. The fraction of sp³-hybridized carbons (Fsp3) is 0.417. The van der Waals surface area contributed by atoms with Crippen molar-refractivity contribution in [3.63, 3.8) is 0 Å². The second-order valence-electron chi connectivity index (χ2n) is 8.63. The van der Waals surface area contributed by atoms with Gasteiger partial charge in [0, 0.05) is 31.0 Å². The number of carboxylic acid groups (broad SMARTS) is 1. The van der Waals surface area contributed by atoms with Gasteiger partial charge in [0.15, 0.2) is 0 Å². The van der Waals surface area contributed by atoms with E-state index in [1.54, 1.807) is 39.0 Å². The molecule has 0 saturated carbocycles. The Bertz CT molecular complexity index is 927. The van der Waals surface area contributed by atoms with Crippen LogP contribution in [0.2, 0.25) is 0 Å². The van der Waals surface area contributed by atoms with E-state index >= 15 is 0 Å². The van der Waals surface area contributed by atoms with E-state index < -0.39 is 29.4 Å². The molecule has 1 aromatic rings. The summed E-state index contributed by atoms with van der Waals surface area (Å²) in [5.41, 5.74) is -1.06. The number of carbonyl (C=O) groups excluding carboxylic acids is 1. The number of carboxylic acids is 1. The van der Waals surface area contributed by atoms with Crippen molar-refractivity contribution in [3.8, 4) is 0 Å². The monoisotopic (exact) mass is 467 g/mol. The van der Waals surface area contributed by atoms with Gasteiger partial charge in [0.25, 0.3) is 0 Å². The topological polar surface area (TPSA) is 76.1 Å². The van der Waals surface area contributed by atoms with Crippen molar-refractivity contribution >= 4 is 12.1 Å². The van der Waals surface area contributed by atoms with Gasteiger partial charge in [-0.3, -0.25) is 0 Å². The fourth-order valence-electron chi connectivity index (χ4n) is 3.24. The largest absolute Gasteiger partial charge is 0.497 e. The van der Waals surface area contributed by atoms with E-state index in [4.69, 9.17) is 14.6 Å². The maximum Gasteiger partial charge on any atom is 0.416 e. The predicted octanol–water partition coefficient (Wildman–Crippen LogP) is 5.42. The first-order valence-electron chi connectivity index (χ1n) is 10.3. The number of nitrogens with zero attached hydrogens (tertiary/aromatic N) is 1. The molecule has 180 valence electrons. The minimum Gasteiger partial charge on any atom is -0.497 e. The van der Waals surface area contributed by atoms with E-state index in [1.165, 1.54) is 30.2 Å². The first-order valence-corrected chi connectivity index (χ1v) is 10.3. The number of halogens is 3. The van der Waals surface area contributed by atoms with Crippen LogP contribution in [0.25, 0.3) is 0 Å². The van der Waals surface area contributed by atoms with Gasteiger partial charge in [0.2, 0.25) is 0 Å². The Morgan fingerprint density at radius 2 is 1.79 bits per heavy atom. The Morgan fingerprint density at radius 3 is 2.30 bits per heavy atom. The Kier molecular flexibility index (Phi) is 8.35. The van der Waals surface area contributed by atoms with Gasteiger partial charge in [-0.05, 0) is 50.6 Å². The average molecular weight is 467 g/mol. The summed E-state index contributed by atoms with van der Waals surface area (Å²) >= 11 is 0. The summed E-state index contributed by atoms with van der Waals surface area (Å²) in [5.74, 6) is -1.23. The van der Waals surface area contributed by atoms with Gasteiger partial charge in [-0.15, -0.1) is 0 Å². The highest BCUT2D eigenvalue weighted by molar-refractivity contribution is 5.79. The summed E-state index contributed by atoms with van der Waals surface area (Å²) in [4.78, 5) is 25.3. The SMILES string of the molecule is COC1=CC(CN(Cc2ccc(C(F)(F)F)cc2)C(=O)OC(C)(C)C)C(C=CC(=O)O)C=C1. The van der Waals surface area contributed by atoms with Gasteiger partial charge in [0.05, 0.1) is 12.7 Å². The minimum atomic E-state index is -4.46. The van der Waals surface area contributed by atoms with Gasteiger partial charge in [-0.1, -0.05) is 24.3 Å². The third kappa shape index (κ3) is 8.32. The lowest BCUT2D eigenvalue weighted by Crippen LogP contribution is -2.40. The predicted molar refractivity (Wildman–Crippen MR) is 116 cm³/mol. The average Bonchev–Trinajstić information content (AvgIpc) is 2.70. The van der Waals surface area contributed by atoms with E-state index in [1.807, 2.05) is 0 Å². The van der Waals surface area contributed by atoms with Crippen molar-refractivity contribution in [2.45, 2.75) is 39.1 Å². The molecule has 0 saturated heterocycles. The number of aliphatic carboxylic acids is 1. The number of hydrogen-bond acceptors (Lipinski definition) is 4. The summed E-state index contributed by atoms with van der Waals surface area (Å²) in [6.07, 6.45) is 2.71. The number of rotatable bonds is 7. The van der Waals surface area contributed by atoms with Crippen LogP contribution in [0, 0.1) is 11.8 Å². The van der Waals surface area contributed by atoms with Crippen molar-refractivity contribution in [1.29, 1.82) is 0 Å². The van der Waals surface area contributed by atoms with E-state index in [0.717, 1.165) is 18.2 Å². The molecule has 0 aliphatic heterocycles. The second kappa shape index (κ2) is 10.6. The summed E-state index contributed by atoms with van der Waals surface area (Å²) in [6, 6.07) is 4.57. The molecule has 1 aliphatic carbocycles. The molecule has 0 bridgehead atoms. The van der Waals surface area contributed by atoms with Gasteiger partial charge < -0.3 is 19.5 Å². The highest BCUT2D eigenvalue weighted by Crippen LogP contribution is 2.30. The Labute approximate surface area is 191 Å². The van der Waals surface area contributed by atoms with Crippen molar-refractivity contribution in [3.05, 3.63) is 71.5 Å². The summed E-state index contributed by atoms with van der Waals surface area (Å²) < 4.78 is 49.4. The van der Waals surface area contributed by atoms with Crippen LogP contribution in [-0.4, -0.2) is 41.3 Å². The Balaban J connectivity index is 2.32. The van der Waals surface area contributed by atoms with Crippen LogP contribution >= 0.6 is 0 Å². The molecule has 1 N–H and O–H groups in total. The maximum absolute atomic E-state index is 12.9. The van der Waals surface area contributed by atoms with Crippen LogP contribution in [0.4, 0.5) is 18.0 Å². The lowest BCUT2D eigenvalue weighted by molar-refractivity contribution is -0.137. The number of alkyl halides is 3. The quantitative estimate of drug-likeness (QED) is 0.543. The maximum atomic E-state index is 12.9.